The Kier molecular flexibility index (Phi) is 8.33. The average Bonchev–Trinajstić information content (AvgIpc) is 3.20. The number of ether oxygens (including phenoxy) is 2. The first-order valence-electron chi connectivity index (χ1n) is 12.3. The summed E-state index contributed by atoms with van der Waals surface area (Å²) in [6.45, 7) is 2.39. The third-order valence-electron chi connectivity index (χ3n) is 6.15. The maximum Gasteiger partial charge on any atom is 0.293 e. The molecule has 0 aromatic heterocycles. The van der Waals surface area contributed by atoms with Crippen molar-refractivity contribution in [3.8, 4) is 11.5 Å². The van der Waals surface area contributed by atoms with E-state index in [1.165, 1.54) is 0 Å². The molecule has 4 aromatic carbocycles. The Morgan fingerprint density at radius 3 is 2.49 bits per heavy atom. The quantitative estimate of drug-likeness (QED) is 0.107. The summed E-state index contributed by atoms with van der Waals surface area (Å²) in [5.41, 5.74) is 2.21. The Morgan fingerprint density at radius 1 is 0.949 bits per heavy atom. The van der Waals surface area contributed by atoms with Crippen LogP contribution in [0, 0.1) is 3.57 Å². The zero-order valence-corrected chi connectivity index (χ0v) is 24.0. The predicted octanol–water partition coefficient (Wildman–Crippen LogP) is 7.34. The van der Waals surface area contributed by atoms with Crippen LogP contribution in [0.15, 0.2) is 89.8 Å². The van der Waals surface area contributed by atoms with Crippen molar-refractivity contribution in [1.29, 1.82) is 0 Å². The lowest BCUT2D eigenvalue weighted by molar-refractivity contribution is -0.122. The van der Waals surface area contributed by atoms with E-state index < -0.39 is 11.1 Å². The number of amides is 2. The third kappa shape index (κ3) is 6.02. The Morgan fingerprint density at radius 2 is 1.69 bits per heavy atom. The third-order valence-corrected chi connectivity index (χ3v) is 7.86. The van der Waals surface area contributed by atoms with Gasteiger partial charge >= 0.3 is 0 Å². The maximum atomic E-state index is 13.0. The van der Waals surface area contributed by atoms with Gasteiger partial charge in [-0.1, -0.05) is 72.8 Å². The standard InChI is InChI=1S/C31H24INO5S/c1-2-37-27-16-20(15-25(32)29(27)38-19-23-13-8-12-21-9-6-7-14-24(21)23)17-28-30(35)33(31(36)39-28)18-26(34)22-10-4-3-5-11-22/h3-17H,2,18-19H2,1H3/b28-17+. The zero-order chi connectivity index (χ0) is 27.4. The second-order valence-corrected chi connectivity index (χ2v) is 10.9. The van der Waals surface area contributed by atoms with Gasteiger partial charge in [0.05, 0.1) is 21.6 Å². The summed E-state index contributed by atoms with van der Waals surface area (Å²) in [4.78, 5) is 39.4. The molecular formula is C31H24INO5S. The highest BCUT2D eigenvalue weighted by Gasteiger charge is 2.36. The van der Waals surface area contributed by atoms with E-state index >= 15 is 0 Å². The number of imide groups is 1. The van der Waals surface area contributed by atoms with Crippen LogP contribution in [0.4, 0.5) is 4.79 Å². The van der Waals surface area contributed by atoms with Gasteiger partial charge in [-0.3, -0.25) is 19.3 Å². The first-order chi connectivity index (χ1) is 18.9. The van der Waals surface area contributed by atoms with Crippen molar-refractivity contribution in [3.63, 3.8) is 0 Å². The molecule has 0 atom stereocenters. The van der Waals surface area contributed by atoms with Crippen LogP contribution >= 0.6 is 34.4 Å². The van der Waals surface area contributed by atoms with Crippen LogP contribution in [-0.2, 0) is 11.4 Å². The van der Waals surface area contributed by atoms with Gasteiger partial charge in [-0.05, 0) is 81.4 Å². The van der Waals surface area contributed by atoms with Gasteiger partial charge in [-0.25, -0.2) is 0 Å². The maximum absolute atomic E-state index is 13.0. The van der Waals surface area contributed by atoms with Gasteiger partial charge in [-0.2, -0.15) is 0 Å². The van der Waals surface area contributed by atoms with E-state index in [2.05, 4.69) is 40.8 Å². The number of rotatable bonds is 9. The normalized spacial score (nSPS) is 14.3. The fourth-order valence-electron chi connectivity index (χ4n) is 4.29. The largest absolute Gasteiger partial charge is 0.490 e. The first-order valence-corrected chi connectivity index (χ1v) is 14.2. The van der Waals surface area contributed by atoms with Gasteiger partial charge < -0.3 is 9.47 Å². The molecule has 6 nitrogen and oxygen atoms in total. The SMILES string of the molecule is CCOc1cc(/C=C2/SC(=O)N(CC(=O)c3ccccc3)C2=O)cc(I)c1OCc1cccc2ccccc12. The molecule has 0 spiro atoms. The Labute approximate surface area is 244 Å². The van der Waals surface area contributed by atoms with E-state index in [4.69, 9.17) is 9.47 Å². The number of hydrogen-bond donors (Lipinski definition) is 0. The van der Waals surface area contributed by atoms with Crippen LogP contribution in [0.3, 0.4) is 0 Å². The van der Waals surface area contributed by atoms with Crippen LogP contribution in [0.2, 0.25) is 0 Å². The van der Waals surface area contributed by atoms with E-state index in [0.29, 0.717) is 35.8 Å². The predicted molar refractivity (Wildman–Crippen MR) is 162 cm³/mol. The molecule has 196 valence electrons. The van der Waals surface area contributed by atoms with Crippen molar-refractivity contribution in [3.05, 3.63) is 110 Å². The smallest absolute Gasteiger partial charge is 0.293 e. The van der Waals surface area contributed by atoms with Crippen LogP contribution in [0.5, 0.6) is 11.5 Å². The number of halogens is 1. The van der Waals surface area contributed by atoms with Crippen molar-refractivity contribution >= 4 is 68.1 Å². The molecule has 1 aliphatic heterocycles. The number of nitrogens with zero attached hydrogens (tertiary/aromatic N) is 1. The summed E-state index contributed by atoms with van der Waals surface area (Å²) < 4.78 is 13.0. The van der Waals surface area contributed by atoms with Gasteiger partial charge in [0.25, 0.3) is 11.1 Å². The molecule has 2 amide bonds. The summed E-state index contributed by atoms with van der Waals surface area (Å²) in [6.07, 6.45) is 1.65. The molecule has 0 aliphatic carbocycles. The van der Waals surface area contributed by atoms with Gasteiger partial charge in [0.2, 0.25) is 0 Å². The molecule has 0 unspecified atom stereocenters. The van der Waals surface area contributed by atoms with Gasteiger partial charge in [0.1, 0.15) is 6.61 Å². The lowest BCUT2D eigenvalue weighted by Gasteiger charge is -2.16. The summed E-state index contributed by atoms with van der Waals surface area (Å²) in [5, 5.41) is 1.81. The number of carbonyl (C=O) groups is 3. The monoisotopic (exact) mass is 649 g/mol. The number of carbonyl (C=O) groups excluding carboxylic acids is 3. The Hall–Kier alpha value is -3.63. The molecule has 1 fully saturated rings. The van der Waals surface area contributed by atoms with Gasteiger partial charge in [-0.15, -0.1) is 0 Å². The lowest BCUT2D eigenvalue weighted by Crippen LogP contribution is -2.33. The topological polar surface area (TPSA) is 72.9 Å². The number of thioether (sulfide) groups is 1. The molecular weight excluding hydrogens is 625 g/mol. The minimum Gasteiger partial charge on any atom is -0.490 e. The average molecular weight is 650 g/mol. The van der Waals surface area contributed by atoms with E-state index in [0.717, 1.165) is 36.6 Å². The van der Waals surface area contributed by atoms with Crippen molar-refractivity contribution in [2.75, 3.05) is 13.2 Å². The van der Waals surface area contributed by atoms with Crippen LogP contribution in [-0.4, -0.2) is 35.0 Å². The zero-order valence-electron chi connectivity index (χ0n) is 21.1. The number of Topliss-reactive ketones (excluding diaryl/α,β-unsaturated/α-hetero) is 1. The van der Waals surface area contributed by atoms with Crippen molar-refractivity contribution < 1.29 is 23.9 Å². The number of fused-ring (bicyclic) bond motifs is 1. The molecule has 0 radical (unpaired) electrons. The fraction of sp³-hybridized carbons (Fsp3) is 0.129. The second-order valence-electron chi connectivity index (χ2n) is 8.75. The van der Waals surface area contributed by atoms with Crippen molar-refractivity contribution in [2.24, 2.45) is 0 Å². The van der Waals surface area contributed by atoms with Crippen molar-refractivity contribution in [1.82, 2.24) is 4.90 Å². The molecule has 1 heterocycles. The highest BCUT2D eigenvalue weighted by atomic mass is 127. The minimum atomic E-state index is -0.487. The molecule has 8 heteroatoms. The second kappa shape index (κ2) is 12.0. The molecule has 39 heavy (non-hydrogen) atoms. The number of hydrogen-bond acceptors (Lipinski definition) is 6. The Balaban J connectivity index is 1.36. The summed E-state index contributed by atoms with van der Waals surface area (Å²) in [5.74, 6) is 0.386. The van der Waals surface area contributed by atoms with E-state index in [-0.39, 0.29) is 17.2 Å². The number of ketones is 1. The van der Waals surface area contributed by atoms with Crippen LogP contribution in [0.25, 0.3) is 16.8 Å². The van der Waals surface area contributed by atoms with Gasteiger partial charge in [0.15, 0.2) is 17.3 Å². The van der Waals surface area contributed by atoms with E-state index in [1.54, 1.807) is 42.5 Å². The molecule has 1 saturated heterocycles. The highest BCUT2D eigenvalue weighted by Crippen LogP contribution is 2.38. The van der Waals surface area contributed by atoms with E-state index in [1.807, 2.05) is 37.3 Å². The lowest BCUT2D eigenvalue weighted by atomic mass is 10.1. The van der Waals surface area contributed by atoms with Crippen LogP contribution < -0.4 is 9.47 Å². The Bertz CT molecular complexity index is 1600. The fourth-order valence-corrected chi connectivity index (χ4v) is 5.91. The van der Waals surface area contributed by atoms with Crippen LogP contribution in [0.1, 0.15) is 28.4 Å². The number of benzene rings is 4. The molecule has 1 aliphatic rings. The van der Waals surface area contributed by atoms with Crippen molar-refractivity contribution in [2.45, 2.75) is 13.5 Å². The summed E-state index contributed by atoms with van der Waals surface area (Å²) in [7, 11) is 0. The molecule has 0 bridgehead atoms. The van der Waals surface area contributed by atoms with E-state index in [9.17, 15) is 14.4 Å². The minimum absolute atomic E-state index is 0.253. The molecule has 0 N–H and O–H groups in total. The summed E-state index contributed by atoms with van der Waals surface area (Å²) in [6, 6.07) is 26.6. The molecule has 5 rings (SSSR count). The first kappa shape index (κ1) is 27.0. The van der Waals surface area contributed by atoms with Gasteiger partial charge in [0, 0.05) is 5.56 Å². The highest BCUT2D eigenvalue weighted by molar-refractivity contribution is 14.1. The molecule has 0 saturated carbocycles. The summed E-state index contributed by atoms with van der Waals surface area (Å²) >= 11 is 3.01. The molecule has 4 aromatic rings.